The molecule has 0 aromatic heterocycles. The predicted octanol–water partition coefficient (Wildman–Crippen LogP) is 3.08. The highest BCUT2D eigenvalue weighted by molar-refractivity contribution is 5.34. The average Bonchev–Trinajstić information content (AvgIpc) is 2.71. The second-order valence-electron chi connectivity index (χ2n) is 5.54. The van der Waals surface area contributed by atoms with E-state index in [1.165, 1.54) is 24.8 Å². The summed E-state index contributed by atoms with van der Waals surface area (Å²) in [4.78, 5) is 0. The lowest BCUT2D eigenvalue weighted by Gasteiger charge is -2.47. The molecule has 0 aromatic carbocycles. The van der Waals surface area contributed by atoms with Gasteiger partial charge in [-0.2, -0.15) is 0 Å². The molecule has 0 amide bonds. The van der Waals surface area contributed by atoms with Gasteiger partial charge < -0.3 is 4.74 Å². The van der Waals surface area contributed by atoms with Crippen LogP contribution in [0.15, 0.2) is 24.3 Å². The van der Waals surface area contributed by atoms with Crippen LogP contribution in [-0.2, 0) is 4.74 Å². The van der Waals surface area contributed by atoms with Crippen LogP contribution in [0, 0.1) is 11.3 Å². The lowest BCUT2D eigenvalue weighted by Crippen LogP contribution is -2.47. The smallest absolute Gasteiger partial charge is 0.0936 e. The molecule has 3 atom stereocenters. The minimum atomic E-state index is 0.0528. The lowest BCUT2D eigenvalue weighted by atomic mass is 9.70. The molecular weight excluding hydrogens is 172 g/mol. The summed E-state index contributed by atoms with van der Waals surface area (Å²) in [5, 5.41) is 0. The van der Waals surface area contributed by atoms with E-state index in [0.29, 0.717) is 5.92 Å². The van der Waals surface area contributed by atoms with Gasteiger partial charge in [0.15, 0.2) is 0 Å². The summed E-state index contributed by atoms with van der Waals surface area (Å²) >= 11 is 0. The molecule has 1 saturated carbocycles. The molecule has 76 valence electrons. The highest BCUT2D eigenvalue weighted by Crippen LogP contribution is 2.58. The van der Waals surface area contributed by atoms with E-state index in [-0.39, 0.29) is 17.1 Å². The molecular formula is C13H18O. The fourth-order valence-electron chi connectivity index (χ4n) is 3.40. The van der Waals surface area contributed by atoms with E-state index in [2.05, 4.69) is 32.6 Å². The van der Waals surface area contributed by atoms with Gasteiger partial charge in [-0.05, 0) is 19.3 Å². The Hall–Kier alpha value is -0.560. The number of ether oxygens (including phenoxy) is 1. The van der Waals surface area contributed by atoms with Crippen molar-refractivity contribution < 1.29 is 4.74 Å². The summed E-state index contributed by atoms with van der Waals surface area (Å²) in [6.07, 6.45) is 8.59. The van der Waals surface area contributed by atoms with Gasteiger partial charge in [0.2, 0.25) is 0 Å². The summed E-state index contributed by atoms with van der Waals surface area (Å²) in [7, 11) is 0. The Labute approximate surface area is 85.8 Å². The van der Waals surface area contributed by atoms with Gasteiger partial charge in [0.05, 0.1) is 11.7 Å². The van der Waals surface area contributed by atoms with Gasteiger partial charge in [-0.25, -0.2) is 0 Å². The maximum Gasteiger partial charge on any atom is 0.0936 e. The molecule has 1 spiro atoms. The zero-order chi connectivity index (χ0) is 9.97. The largest absolute Gasteiger partial charge is 0.362 e. The van der Waals surface area contributed by atoms with Crippen LogP contribution in [0.3, 0.4) is 0 Å². The normalized spacial score (nSPS) is 48.3. The molecule has 0 radical (unpaired) electrons. The van der Waals surface area contributed by atoms with Crippen LogP contribution < -0.4 is 0 Å². The maximum atomic E-state index is 6.22. The van der Waals surface area contributed by atoms with Crippen LogP contribution in [0.2, 0.25) is 0 Å². The van der Waals surface area contributed by atoms with Crippen LogP contribution in [0.25, 0.3) is 0 Å². The molecule has 14 heavy (non-hydrogen) atoms. The first kappa shape index (κ1) is 8.72. The van der Waals surface area contributed by atoms with Gasteiger partial charge in [0.25, 0.3) is 0 Å². The topological polar surface area (TPSA) is 9.23 Å². The Morgan fingerprint density at radius 2 is 2.29 bits per heavy atom. The summed E-state index contributed by atoms with van der Waals surface area (Å²) in [5.74, 6) is 0.576. The summed E-state index contributed by atoms with van der Waals surface area (Å²) < 4.78 is 6.22. The van der Waals surface area contributed by atoms with Crippen LogP contribution in [0.4, 0.5) is 0 Å². The molecule has 1 nitrogen and oxygen atoms in total. The second-order valence-corrected chi connectivity index (χ2v) is 5.54. The Balaban J connectivity index is 2.10. The highest BCUT2D eigenvalue weighted by Gasteiger charge is 2.57. The summed E-state index contributed by atoms with van der Waals surface area (Å²) in [6.45, 7) is 8.85. The Kier molecular flexibility index (Phi) is 1.45. The minimum Gasteiger partial charge on any atom is -0.362 e. The molecule has 1 aliphatic carbocycles. The molecule has 0 N–H and O–H groups in total. The summed E-state index contributed by atoms with van der Waals surface area (Å²) in [5.41, 5.74) is 1.60. The molecule has 3 rings (SSSR count). The molecule has 2 bridgehead atoms. The van der Waals surface area contributed by atoms with Crippen molar-refractivity contribution >= 4 is 0 Å². The quantitative estimate of drug-likeness (QED) is 0.533. The van der Waals surface area contributed by atoms with Crippen molar-refractivity contribution in [3.8, 4) is 0 Å². The van der Waals surface area contributed by atoms with Crippen molar-refractivity contribution in [2.24, 2.45) is 11.3 Å². The van der Waals surface area contributed by atoms with Crippen LogP contribution in [0.1, 0.15) is 33.1 Å². The fraction of sp³-hybridized carbons (Fsp3) is 0.692. The lowest BCUT2D eigenvalue weighted by molar-refractivity contribution is -0.107. The average molecular weight is 190 g/mol. The third-order valence-electron chi connectivity index (χ3n) is 4.51. The molecule has 2 heterocycles. The van der Waals surface area contributed by atoms with Crippen molar-refractivity contribution in [2.75, 3.05) is 0 Å². The van der Waals surface area contributed by atoms with E-state index in [4.69, 9.17) is 4.74 Å². The predicted molar refractivity (Wildman–Crippen MR) is 57.0 cm³/mol. The van der Waals surface area contributed by atoms with E-state index in [1.54, 1.807) is 0 Å². The van der Waals surface area contributed by atoms with Gasteiger partial charge >= 0.3 is 0 Å². The molecule has 1 heteroatoms. The standard InChI is InChI=1S/C13H18O/c1-9-10-5-4-7-13(10)8-6-11(14-13)12(9,2)3/h6,8,10-11H,1,4-5,7H2,2-3H3/t10-,11+,13+/m0/s1. The number of fused-ring (bicyclic) bond motifs is 1. The van der Waals surface area contributed by atoms with E-state index in [1.807, 2.05) is 0 Å². The van der Waals surface area contributed by atoms with Crippen molar-refractivity contribution in [3.63, 3.8) is 0 Å². The molecule has 1 saturated heterocycles. The van der Waals surface area contributed by atoms with Gasteiger partial charge in [-0.15, -0.1) is 0 Å². The number of hydrogen-bond donors (Lipinski definition) is 0. The SMILES string of the molecule is C=C1[C@@H]2CCC[C@@]23C=C[C@@H](O3)C1(C)C. The van der Waals surface area contributed by atoms with Crippen LogP contribution in [0.5, 0.6) is 0 Å². The van der Waals surface area contributed by atoms with Crippen molar-refractivity contribution in [2.45, 2.75) is 44.8 Å². The Morgan fingerprint density at radius 3 is 3.07 bits per heavy atom. The third kappa shape index (κ3) is 0.802. The third-order valence-corrected chi connectivity index (χ3v) is 4.51. The van der Waals surface area contributed by atoms with E-state index in [9.17, 15) is 0 Å². The van der Waals surface area contributed by atoms with Crippen LogP contribution in [-0.4, -0.2) is 11.7 Å². The first-order valence-corrected chi connectivity index (χ1v) is 5.63. The van der Waals surface area contributed by atoms with Crippen molar-refractivity contribution in [1.82, 2.24) is 0 Å². The Morgan fingerprint density at radius 1 is 1.50 bits per heavy atom. The number of rotatable bonds is 0. The zero-order valence-electron chi connectivity index (χ0n) is 9.05. The van der Waals surface area contributed by atoms with Crippen molar-refractivity contribution in [3.05, 3.63) is 24.3 Å². The van der Waals surface area contributed by atoms with E-state index >= 15 is 0 Å². The maximum absolute atomic E-state index is 6.22. The minimum absolute atomic E-state index is 0.0528. The van der Waals surface area contributed by atoms with Gasteiger partial charge in [0, 0.05) is 11.3 Å². The van der Waals surface area contributed by atoms with Crippen molar-refractivity contribution in [1.29, 1.82) is 0 Å². The monoisotopic (exact) mass is 190 g/mol. The van der Waals surface area contributed by atoms with E-state index in [0.717, 1.165) is 0 Å². The highest BCUT2D eigenvalue weighted by atomic mass is 16.5. The molecule has 3 aliphatic rings. The molecule has 0 unspecified atom stereocenters. The van der Waals surface area contributed by atoms with Gasteiger partial charge in [0.1, 0.15) is 0 Å². The molecule has 2 fully saturated rings. The molecule has 0 aromatic rings. The van der Waals surface area contributed by atoms with Gasteiger partial charge in [-0.3, -0.25) is 0 Å². The number of hydrogen-bond acceptors (Lipinski definition) is 1. The van der Waals surface area contributed by atoms with Gasteiger partial charge in [-0.1, -0.05) is 38.2 Å². The second kappa shape index (κ2) is 2.33. The summed E-state index contributed by atoms with van der Waals surface area (Å²) in [6, 6.07) is 0. The molecule has 2 aliphatic heterocycles. The Bertz CT molecular complexity index is 326. The fourth-order valence-corrected chi connectivity index (χ4v) is 3.40. The van der Waals surface area contributed by atoms with E-state index < -0.39 is 0 Å². The first-order chi connectivity index (χ1) is 6.56. The first-order valence-electron chi connectivity index (χ1n) is 5.63. The van der Waals surface area contributed by atoms with Crippen LogP contribution >= 0.6 is 0 Å². The zero-order valence-corrected chi connectivity index (χ0v) is 9.05.